The number of nitrogens with zero attached hydrogens (tertiary/aromatic N) is 2. The van der Waals surface area contributed by atoms with Crippen LogP contribution in [-0.4, -0.2) is 45.2 Å². The highest BCUT2D eigenvalue weighted by atomic mass is 16.6. The molecule has 2 aliphatic rings. The van der Waals surface area contributed by atoms with E-state index in [1.807, 2.05) is 30.3 Å². The van der Waals surface area contributed by atoms with Gasteiger partial charge in [-0.3, -0.25) is 34.6 Å². The number of carbonyl (C=O) groups is 4. The van der Waals surface area contributed by atoms with Gasteiger partial charge in [-0.25, -0.2) is 4.90 Å². The maximum Gasteiger partial charge on any atom is 0.325 e. The van der Waals surface area contributed by atoms with Gasteiger partial charge in [-0.2, -0.15) is 0 Å². The molecule has 0 bridgehead atoms. The van der Waals surface area contributed by atoms with Gasteiger partial charge >= 0.3 is 5.97 Å². The van der Waals surface area contributed by atoms with Gasteiger partial charge in [0.1, 0.15) is 5.54 Å². The third-order valence-electron chi connectivity index (χ3n) is 7.53. The van der Waals surface area contributed by atoms with E-state index in [2.05, 4.69) is 5.32 Å². The summed E-state index contributed by atoms with van der Waals surface area (Å²) in [4.78, 5) is 64.0. The summed E-state index contributed by atoms with van der Waals surface area (Å²) in [5.41, 5.74) is -0.0793. The lowest BCUT2D eigenvalue weighted by molar-refractivity contribution is -0.384. The van der Waals surface area contributed by atoms with Crippen LogP contribution in [0.25, 0.3) is 6.08 Å². The number of imide groups is 1. The lowest BCUT2D eigenvalue weighted by Gasteiger charge is -2.31. The van der Waals surface area contributed by atoms with Crippen molar-refractivity contribution in [3.05, 3.63) is 112 Å². The molecule has 40 heavy (non-hydrogen) atoms. The van der Waals surface area contributed by atoms with Crippen molar-refractivity contribution >= 4 is 41.0 Å². The number of benzene rings is 3. The third-order valence-corrected chi connectivity index (χ3v) is 7.53. The third kappa shape index (κ3) is 4.58. The summed E-state index contributed by atoms with van der Waals surface area (Å²) >= 11 is 0. The normalized spacial score (nSPS) is 23.9. The zero-order chi connectivity index (χ0) is 28.6. The Morgan fingerprint density at radius 2 is 1.65 bits per heavy atom. The molecule has 2 aliphatic heterocycles. The largest absolute Gasteiger partial charge is 0.480 e. The Balaban J connectivity index is 1.57. The van der Waals surface area contributed by atoms with E-state index < -0.39 is 46.1 Å². The van der Waals surface area contributed by atoms with E-state index in [-0.39, 0.29) is 23.6 Å². The van der Waals surface area contributed by atoms with Crippen LogP contribution in [0.4, 0.5) is 11.4 Å². The number of nitrogens with one attached hydrogen (secondary N) is 1. The fraction of sp³-hybridized carbons (Fsp3) is 0.200. The Morgan fingerprint density at radius 1 is 1.00 bits per heavy atom. The smallest absolute Gasteiger partial charge is 0.325 e. The second-order valence-electron chi connectivity index (χ2n) is 9.94. The van der Waals surface area contributed by atoms with Gasteiger partial charge in [0.25, 0.3) is 5.69 Å². The van der Waals surface area contributed by atoms with Crippen LogP contribution < -0.4 is 10.2 Å². The van der Waals surface area contributed by atoms with Crippen LogP contribution in [0.2, 0.25) is 0 Å². The van der Waals surface area contributed by atoms with Gasteiger partial charge in [0.05, 0.1) is 22.4 Å². The molecule has 3 aromatic carbocycles. The van der Waals surface area contributed by atoms with Gasteiger partial charge in [-0.15, -0.1) is 0 Å². The second kappa shape index (κ2) is 10.3. The van der Waals surface area contributed by atoms with E-state index in [0.29, 0.717) is 11.1 Å². The van der Waals surface area contributed by atoms with Crippen molar-refractivity contribution in [2.75, 3.05) is 4.90 Å². The molecule has 10 nitrogen and oxygen atoms in total. The Morgan fingerprint density at radius 3 is 2.23 bits per heavy atom. The number of nitro benzene ring substituents is 1. The molecule has 3 aromatic rings. The number of hydrogen-bond donors (Lipinski definition) is 2. The average Bonchev–Trinajstić information content (AvgIpc) is 3.41. The molecule has 0 saturated carbocycles. The summed E-state index contributed by atoms with van der Waals surface area (Å²) in [6, 6.07) is 19.9. The molecule has 2 heterocycles. The second-order valence-corrected chi connectivity index (χ2v) is 9.94. The van der Waals surface area contributed by atoms with Crippen molar-refractivity contribution < 1.29 is 29.2 Å². The molecule has 4 atom stereocenters. The molecule has 0 aromatic heterocycles. The molecule has 2 saturated heterocycles. The SMILES string of the molecule is CC(=O)c1ccc(N2C(=O)C3C(C=Cc4ccccc4)NC(Cc4ccc([N+](=O)[O-])cc4)(C(=O)O)C3C2=O)cc1. The maximum absolute atomic E-state index is 13.9. The summed E-state index contributed by atoms with van der Waals surface area (Å²) in [6.45, 7) is 1.40. The van der Waals surface area contributed by atoms with Gasteiger partial charge in [-0.05, 0) is 42.3 Å². The van der Waals surface area contributed by atoms with E-state index in [1.54, 1.807) is 12.2 Å². The number of ketones is 1. The van der Waals surface area contributed by atoms with Crippen LogP contribution in [0.1, 0.15) is 28.4 Å². The van der Waals surface area contributed by atoms with Gasteiger partial charge in [-0.1, -0.05) is 54.6 Å². The van der Waals surface area contributed by atoms with E-state index >= 15 is 0 Å². The number of non-ortho nitro benzene ring substituents is 1. The zero-order valence-corrected chi connectivity index (χ0v) is 21.4. The average molecular weight is 540 g/mol. The van der Waals surface area contributed by atoms with Crippen molar-refractivity contribution in [2.45, 2.75) is 24.9 Å². The highest BCUT2D eigenvalue weighted by Gasteiger charge is 2.68. The first-order valence-corrected chi connectivity index (χ1v) is 12.6. The van der Waals surface area contributed by atoms with Crippen LogP contribution in [0.15, 0.2) is 84.9 Å². The zero-order valence-electron chi connectivity index (χ0n) is 21.4. The van der Waals surface area contributed by atoms with E-state index in [4.69, 9.17) is 0 Å². The fourth-order valence-corrected chi connectivity index (χ4v) is 5.58. The number of carbonyl (C=O) groups excluding carboxylic acids is 3. The summed E-state index contributed by atoms with van der Waals surface area (Å²) in [5.74, 6) is -4.98. The van der Waals surface area contributed by atoms with Crippen molar-refractivity contribution in [1.29, 1.82) is 0 Å². The molecule has 0 radical (unpaired) electrons. The Kier molecular flexibility index (Phi) is 6.87. The molecular weight excluding hydrogens is 514 g/mol. The van der Waals surface area contributed by atoms with Crippen molar-refractivity contribution in [3.63, 3.8) is 0 Å². The topological polar surface area (TPSA) is 147 Å². The molecule has 2 N–H and O–H groups in total. The minimum absolute atomic E-state index is 0.152. The first kappa shape index (κ1) is 26.6. The Hall–Kier alpha value is -4.96. The van der Waals surface area contributed by atoms with Gasteiger partial charge in [0.2, 0.25) is 11.8 Å². The number of fused-ring (bicyclic) bond motifs is 1. The number of hydrogen-bond acceptors (Lipinski definition) is 7. The van der Waals surface area contributed by atoms with Crippen LogP contribution in [0.3, 0.4) is 0 Å². The molecular formula is C30H25N3O7. The molecule has 2 fully saturated rings. The first-order valence-electron chi connectivity index (χ1n) is 12.6. The minimum atomic E-state index is -1.87. The number of aliphatic carboxylic acids is 1. The highest BCUT2D eigenvalue weighted by molar-refractivity contribution is 6.24. The molecule has 202 valence electrons. The Bertz CT molecular complexity index is 1530. The van der Waals surface area contributed by atoms with Crippen molar-refractivity contribution in [1.82, 2.24) is 5.32 Å². The standard InChI is InChI=1S/C30H25N3O7/c1-18(34)21-10-14-22(15-11-21)32-27(35)25-24(16-9-19-5-3-2-4-6-19)31-30(29(37)38,26(25)28(32)36)17-20-7-12-23(13-8-20)33(39)40/h2-16,24-26,31H,17H2,1H3,(H,37,38). The number of carboxylic acid groups (broad SMARTS) is 1. The van der Waals surface area contributed by atoms with E-state index in [1.165, 1.54) is 55.5 Å². The first-order chi connectivity index (χ1) is 19.1. The number of anilines is 1. The fourth-order valence-electron chi connectivity index (χ4n) is 5.58. The monoisotopic (exact) mass is 539 g/mol. The molecule has 10 heteroatoms. The quantitative estimate of drug-likeness (QED) is 0.191. The summed E-state index contributed by atoms with van der Waals surface area (Å²) in [6.07, 6.45) is 3.27. The molecule has 2 amide bonds. The summed E-state index contributed by atoms with van der Waals surface area (Å²) in [5, 5.41) is 24.8. The molecule has 4 unspecified atom stereocenters. The minimum Gasteiger partial charge on any atom is -0.480 e. The number of rotatable bonds is 8. The molecule has 0 spiro atoms. The van der Waals surface area contributed by atoms with E-state index in [0.717, 1.165) is 10.5 Å². The lowest BCUT2D eigenvalue weighted by atomic mass is 9.76. The lowest BCUT2D eigenvalue weighted by Crippen LogP contribution is -2.58. The number of amides is 2. The number of carboxylic acids is 1. The number of Topliss-reactive ketones (excluding diaryl/α,β-unsaturated/α-hetero) is 1. The van der Waals surface area contributed by atoms with Gasteiger partial charge in [0.15, 0.2) is 5.78 Å². The van der Waals surface area contributed by atoms with Crippen LogP contribution in [0.5, 0.6) is 0 Å². The van der Waals surface area contributed by atoms with Crippen molar-refractivity contribution in [2.24, 2.45) is 11.8 Å². The predicted octanol–water partition coefficient (Wildman–Crippen LogP) is 3.65. The van der Waals surface area contributed by atoms with Crippen LogP contribution in [0, 0.1) is 22.0 Å². The van der Waals surface area contributed by atoms with E-state index in [9.17, 15) is 34.4 Å². The predicted molar refractivity (Wildman–Crippen MR) is 145 cm³/mol. The van der Waals surface area contributed by atoms with Crippen molar-refractivity contribution in [3.8, 4) is 0 Å². The molecule has 5 rings (SSSR count). The summed E-state index contributed by atoms with van der Waals surface area (Å²) in [7, 11) is 0. The van der Waals surface area contributed by atoms with Gasteiger partial charge < -0.3 is 5.11 Å². The summed E-state index contributed by atoms with van der Waals surface area (Å²) < 4.78 is 0. The van der Waals surface area contributed by atoms with Crippen LogP contribution in [-0.2, 0) is 20.8 Å². The van der Waals surface area contributed by atoms with Gasteiger partial charge in [0, 0.05) is 30.2 Å². The molecule has 0 aliphatic carbocycles. The maximum atomic E-state index is 13.9. The number of nitro groups is 1. The van der Waals surface area contributed by atoms with Crippen LogP contribution >= 0.6 is 0 Å². The highest BCUT2D eigenvalue weighted by Crippen LogP contribution is 2.46. The Labute approximate surface area is 229 Å².